The Morgan fingerprint density at radius 1 is 1.21 bits per heavy atom. The lowest BCUT2D eigenvalue weighted by molar-refractivity contribution is 0.357. The minimum absolute atomic E-state index is 0.520. The summed E-state index contributed by atoms with van der Waals surface area (Å²) in [5, 5.41) is 3.63. The van der Waals surface area contributed by atoms with Crippen LogP contribution in [0.15, 0.2) is 0 Å². The lowest BCUT2D eigenvalue weighted by Crippen LogP contribution is -2.42. The summed E-state index contributed by atoms with van der Waals surface area (Å²) in [5.41, 5.74) is 5.73. The van der Waals surface area contributed by atoms with Gasteiger partial charge in [-0.25, -0.2) is 0 Å². The maximum absolute atomic E-state index is 5.73. The van der Waals surface area contributed by atoms with Crippen molar-refractivity contribution in [3.63, 3.8) is 0 Å². The first-order valence-electron chi connectivity index (χ1n) is 6.14. The average molecular weight is 196 g/mol. The Labute approximate surface area is 87.6 Å². The molecule has 2 saturated carbocycles. The number of fused-ring (bicyclic) bond motifs is 1. The van der Waals surface area contributed by atoms with Gasteiger partial charge in [0.1, 0.15) is 0 Å². The zero-order valence-corrected chi connectivity index (χ0v) is 9.50. The van der Waals surface area contributed by atoms with Crippen LogP contribution in [0, 0.1) is 23.7 Å². The van der Waals surface area contributed by atoms with Crippen LogP contribution in [0.4, 0.5) is 0 Å². The van der Waals surface area contributed by atoms with Crippen LogP contribution >= 0.6 is 0 Å². The van der Waals surface area contributed by atoms with Gasteiger partial charge in [-0.2, -0.15) is 0 Å². The first kappa shape index (κ1) is 10.4. The van der Waals surface area contributed by atoms with E-state index in [1.54, 1.807) is 0 Å². The summed E-state index contributed by atoms with van der Waals surface area (Å²) >= 11 is 0. The van der Waals surface area contributed by atoms with E-state index in [0.717, 1.165) is 24.3 Å². The molecule has 0 saturated heterocycles. The predicted molar refractivity (Wildman–Crippen MR) is 60.0 cm³/mol. The van der Waals surface area contributed by atoms with Crippen LogP contribution in [0.25, 0.3) is 0 Å². The second-order valence-electron chi connectivity index (χ2n) is 5.59. The molecule has 2 nitrogen and oxygen atoms in total. The van der Waals surface area contributed by atoms with Gasteiger partial charge in [-0.3, -0.25) is 0 Å². The fraction of sp³-hybridized carbons (Fsp3) is 1.00. The smallest absolute Gasteiger partial charge is 0.0213 e. The van der Waals surface area contributed by atoms with Gasteiger partial charge in [-0.1, -0.05) is 13.8 Å². The molecule has 0 aliphatic heterocycles. The molecule has 0 radical (unpaired) electrons. The highest BCUT2D eigenvalue weighted by atomic mass is 14.9. The third kappa shape index (κ3) is 2.29. The third-order valence-electron chi connectivity index (χ3n) is 4.07. The molecule has 3 atom stereocenters. The topological polar surface area (TPSA) is 38.0 Å². The van der Waals surface area contributed by atoms with Crippen LogP contribution < -0.4 is 11.1 Å². The molecule has 0 aromatic rings. The standard InChI is InChI=1S/C12H24N2/c1-8(2)12(6-13)14-7-9-3-10-5-11(10)4-9/h8-12,14H,3-7,13H2,1-2H3. The molecule has 0 amide bonds. The van der Waals surface area contributed by atoms with Crippen LogP contribution in [0.2, 0.25) is 0 Å². The Morgan fingerprint density at radius 3 is 2.36 bits per heavy atom. The van der Waals surface area contributed by atoms with Gasteiger partial charge in [0.2, 0.25) is 0 Å². The predicted octanol–water partition coefficient (Wildman–Crippen LogP) is 1.61. The monoisotopic (exact) mass is 196 g/mol. The molecule has 3 N–H and O–H groups in total. The molecule has 14 heavy (non-hydrogen) atoms. The maximum Gasteiger partial charge on any atom is 0.0213 e. The van der Waals surface area contributed by atoms with E-state index in [4.69, 9.17) is 5.73 Å². The van der Waals surface area contributed by atoms with Crippen molar-refractivity contribution in [1.29, 1.82) is 0 Å². The fourth-order valence-corrected chi connectivity index (χ4v) is 2.92. The van der Waals surface area contributed by atoms with Crippen LogP contribution in [-0.2, 0) is 0 Å². The van der Waals surface area contributed by atoms with Crippen molar-refractivity contribution in [2.45, 2.75) is 39.2 Å². The van der Waals surface area contributed by atoms with Gasteiger partial charge < -0.3 is 11.1 Å². The molecule has 2 rings (SSSR count). The van der Waals surface area contributed by atoms with Gasteiger partial charge in [0.15, 0.2) is 0 Å². The minimum Gasteiger partial charge on any atom is -0.329 e. The average Bonchev–Trinajstić information content (AvgIpc) is 2.75. The highest BCUT2D eigenvalue weighted by Crippen LogP contribution is 2.54. The number of rotatable bonds is 5. The first-order chi connectivity index (χ1) is 6.70. The van der Waals surface area contributed by atoms with Gasteiger partial charge in [-0.15, -0.1) is 0 Å². The van der Waals surface area contributed by atoms with Gasteiger partial charge in [-0.05, 0) is 49.5 Å². The second kappa shape index (κ2) is 4.19. The molecule has 82 valence electrons. The second-order valence-corrected chi connectivity index (χ2v) is 5.59. The zero-order chi connectivity index (χ0) is 10.1. The summed E-state index contributed by atoms with van der Waals surface area (Å²) < 4.78 is 0. The van der Waals surface area contributed by atoms with E-state index in [0.29, 0.717) is 12.0 Å². The van der Waals surface area contributed by atoms with Gasteiger partial charge in [0.25, 0.3) is 0 Å². The fourth-order valence-electron chi connectivity index (χ4n) is 2.92. The molecule has 3 unspecified atom stereocenters. The SMILES string of the molecule is CC(C)C(CN)NCC1CC2CC2C1. The largest absolute Gasteiger partial charge is 0.329 e. The van der Waals surface area contributed by atoms with E-state index in [9.17, 15) is 0 Å². The summed E-state index contributed by atoms with van der Waals surface area (Å²) in [6, 6.07) is 0.520. The molecule has 2 aliphatic rings. The summed E-state index contributed by atoms with van der Waals surface area (Å²) in [6.45, 7) is 6.47. The molecule has 0 heterocycles. The third-order valence-corrected chi connectivity index (χ3v) is 4.07. The van der Waals surface area contributed by atoms with Gasteiger partial charge in [0.05, 0.1) is 0 Å². The van der Waals surface area contributed by atoms with Crippen LogP contribution in [0.5, 0.6) is 0 Å². The van der Waals surface area contributed by atoms with Crippen molar-refractivity contribution in [3.05, 3.63) is 0 Å². The van der Waals surface area contributed by atoms with Crippen molar-refractivity contribution in [3.8, 4) is 0 Å². The number of nitrogens with one attached hydrogen (secondary N) is 1. The van der Waals surface area contributed by atoms with E-state index in [2.05, 4.69) is 19.2 Å². The van der Waals surface area contributed by atoms with E-state index in [1.165, 1.54) is 25.8 Å². The molecule has 2 aliphatic carbocycles. The quantitative estimate of drug-likeness (QED) is 0.701. The first-order valence-corrected chi connectivity index (χ1v) is 6.14. The number of hydrogen-bond donors (Lipinski definition) is 2. The number of hydrogen-bond acceptors (Lipinski definition) is 2. The Bertz CT molecular complexity index is 181. The Morgan fingerprint density at radius 2 is 1.86 bits per heavy atom. The van der Waals surface area contributed by atoms with Crippen LogP contribution in [0.3, 0.4) is 0 Å². The Kier molecular flexibility index (Phi) is 3.13. The highest BCUT2D eigenvalue weighted by Gasteiger charge is 2.45. The van der Waals surface area contributed by atoms with Gasteiger partial charge in [0, 0.05) is 12.6 Å². The maximum atomic E-state index is 5.73. The molecule has 0 aromatic carbocycles. The van der Waals surface area contributed by atoms with E-state index in [-0.39, 0.29) is 0 Å². The van der Waals surface area contributed by atoms with E-state index in [1.807, 2.05) is 0 Å². The molecule has 0 aromatic heterocycles. The van der Waals surface area contributed by atoms with Crippen molar-refractivity contribution in [2.75, 3.05) is 13.1 Å². The van der Waals surface area contributed by atoms with Gasteiger partial charge >= 0.3 is 0 Å². The Hall–Kier alpha value is -0.0800. The summed E-state index contributed by atoms with van der Waals surface area (Å²) in [7, 11) is 0. The lowest BCUT2D eigenvalue weighted by Gasteiger charge is -2.23. The van der Waals surface area contributed by atoms with Crippen molar-refractivity contribution >= 4 is 0 Å². The molecule has 0 bridgehead atoms. The number of nitrogens with two attached hydrogens (primary N) is 1. The summed E-state index contributed by atoms with van der Waals surface area (Å²) in [6.07, 6.45) is 4.49. The minimum atomic E-state index is 0.520. The molecular weight excluding hydrogens is 172 g/mol. The summed E-state index contributed by atoms with van der Waals surface area (Å²) in [4.78, 5) is 0. The van der Waals surface area contributed by atoms with Crippen molar-refractivity contribution in [2.24, 2.45) is 29.4 Å². The van der Waals surface area contributed by atoms with Crippen molar-refractivity contribution in [1.82, 2.24) is 5.32 Å². The molecule has 0 spiro atoms. The van der Waals surface area contributed by atoms with Crippen LogP contribution in [-0.4, -0.2) is 19.1 Å². The van der Waals surface area contributed by atoms with E-state index >= 15 is 0 Å². The lowest BCUT2D eigenvalue weighted by atomic mass is 10.0. The summed E-state index contributed by atoms with van der Waals surface area (Å²) in [5.74, 6) is 3.83. The zero-order valence-electron chi connectivity index (χ0n) is 9.50. The molecule has 2 heteroatoms. The normalized spacial score (nSPS) is 37.3. The highest BCUT2D eigenvalue weighted by molar-refractivity contribution is 4.96. The molecule has 2 fully saturated rings. The Balaban J connectivity index is 1.65. The van der Waals surface area contributed by atoms with Crippen molar-refractivity contribution < 1.29 is 0 Å². The van der Waals surface area contributed by atoms with Crippen LogP contribution in [0.1, 0.15) is 33.1 Å². The van der Waals surface area contributed by atoms with E-state index < -0.39 is 0 Å². The molecular formula is C12H24N2.